The number of nitrogens with zero attached hydrogens (tertiary/aromatic N) is 11. The lowest BCUT2D eigenvalue weighted by molar-refractivity contribution is -0.118. The zero-order chi connectivity index (χ0) is 58.1. The van der Waals surface area contributed by atoms with Crippen LogP contribution in [0.5, 0.6) is 0 Å². The molecule has 4 N–H and O–H groups in total. The number of benzene rings is 3. The first kappa shape index (κ1) is 57.8. The van der Waals surface area contributed by atoms with Crippen LogP contribution in [-0.2, 0) is 81.2 Å². The average Bonchev–Trinajstić information content (AvgIpc) is 2.03. The Labute approximate surface area is 484 Å². The van der Waals surface area contributed by atoms with Crippen molar-refractivity contribution in [3.63, 3.8) is 0 Å². The summed E-state index contributed by atoms with van der Waals surface area (Å²) in [5, 5.41) is 9.13. The number of nitrogens with two attached hydrogens (primary N) is 2. The number of rotatable bonds is 17. The standard InChI is InChI=1S/C53H56BF2N13O12P2S/c1-2-40(70)66-23-33-7-3-4-8-34(33)46-43(35-9-5-6-10-37(35)66)64-65-69(46)17-18-73-19-20-74-21-22-75-24-31-11-13-32(14-12-31)27-84-83(72)77-26-39-47(41(55)52(79-39)68-30-63-45-49(58)60-28-61-51(45)68)80-82(54,71)76-25-38-48(81-83)42(56)53(78-38)67-29-62-44-36(57)15-16-59-50(44)67/h3-16,28-30,38-39,41-42,47-48,52-53H,2,17-27H2,1H3,(H2,57,59)(H2,58,60,61)/t38-,39-,41-,42-,47-,48-,52-,53-,82+,83-/m1/s1. The van der Waals surface area contributed by atoms with E-state index in [-0.39, 0.29) is 52.1 Å². The summed E-state index contributed by atoms with van der Waals surface area (Å²) in [6, 6.07) is 24.6. The molecule has 31 heteroatoms. The molecule has 4 aliphatic heterocycles. The lowest BCUT2D eigenvalue weighted by Crippen LogP contribution is -2.37. The molecule has 84 heavy (non-hydrogen) atoms. The number of carbonyl (C=O) groups excluding carboxylic acids is 1. The molecule has 9 heterocycles. The van der Waals surface area contributed by atoms with Gasteiger partial charge in [0.1, 0.15) is 47.5 Å². The van der Waals surface area contributed by atoms with Gasteiger partial charge in [-0.3, -0.25) is 27.5 Å². The average molecular weight is 1210 g/mol. The van der Waals surface area contributed by atoms with Crippen LogP contribution in [0.4, 0.5) is 26.0 Å². The van der Waals surface area contributed by atoms with Crippen molar-refractivity contribution >= 4 is 78.6 Å². The van der Waals surface area contributed by atoms with Gasteiger partial charge in [0.2, 0.25) is 13.5 Å². The molecule has 0 aliphatic carbocycles. The lowest BCUT2D eigenvalue weighted by Gasteiger charge is -2.30. The fourth-order valence-corrected chi connectivity index (χ4v) is 14.8. The van der Waals surface area contributed by atoms with E-state index in [1.165, 1.54) is 40.4 Å². The SMILES string of the molecule is [B][P@]1(=O)OC[C@H]2O[C@@H](n3cnc4c(N)ccnc43)[C@H](F)[C@@H]2O[P@](=O)(SCc2ccc(COCCOCCOCCn3nnc4c3-c3ccccc3CN(C(=O)CC)c3ccccc3-4)cc2)OC[C@H]2O[C@@H](n3cnc4c(N)ncnc43)[C@H](F)[C@@H]2O1. The van der Waals surface area contributed by atoms with Crippen molar-refractivity contribution in [1.82, 2.24) is 49.0 Å². The van der Waals surface area contributed by atoms with Crippen LogP contribution in [0.15, 0.2) is 104 Å². The van der Waals surface area contributed by atoms with Crippen molar-refractivity contribution in [2.75, 3.05) is 62.6 Å². The molecule has 2 radical (unpaired) electrons. The Balaban J connectivity index is 0.656. The van der Waals surface area contributed by atoms with E-state index in [4.69, 9.17) is 60.8 Å². The zero-order valence-corrected chi connectivity index (χ0v) is 47.6. The van der Waals surface area contributed by atoms with Crippen LogP contribution >= 0.6 is 25.7 Å². The highest BCUT2D eigenvalue weighted by atomic mass is 32.7. The molecule has 0 bridgehead atoms. The van der Waals surface area contributed by atoms with Crippen LogP contribution in [0.1, 0.15) is 42.5 Å². The number of alkyl halides is 2. The second-order valence-electron chi connectivity index (χ2n) is 19.9. The first-order chi connectivity index (χ1) is 40.8. The van der Waals surface area contributed by atoms with Gasteiger partial charge in [-0.05, 0) is 40.2 Å². The minimum absolute atomic E-state index is 0.0230. The number of hydrogen-bond acceptors (Lipinski definition) is 22. The Morgan fingerprint density at radius 3 is 2.14 bits per heavy atom. The maximum atomic E-state index is 17.0. The largest absolute Gasteiger partial charge is 0.397 e. The number of fused-ring (bicyclic) bond motifs is 9. The van der Waals surface area contributed by atoms with Gasteiger partial charge in [0.05, 0.1) is 95.7 Å². The summed E-state index contributed by atoms with van der Waals surface area (Å²) in [6.45, 7) is -1.24. The zero-order valence-electron chi connectivity index (χ0n) is 45.0. The summed E-state index contributed by atoms with van der Waals surface area (Å²) in [7, 11) is 1.37. The summed E-state index contributed by atoms with van der Waals surface area (Å²) in [4.78, 5) is 35.9. The second-order valence-corrected chi connectivity index (χ2v) is 25.5. The molecule has 12 rings (SSSR count). The quantitative estimate of drug-likeness (QED) is 0.0507. The highest BCUT2D eigenvalue weighted by Gasteiger charge is 2.55. The highest BCUT2D eigenvalue weighted by Crippen LogP contribution is 2.65. The Kier molecular flexibility index (Phi) is 17.1. The molecule has 3 saturated heterocycles. The van der Waals surface area contributed by atoms with Crippen LogP contribution in [-0.4, -0.2) is 146 Å². The number of nitrogen functional groups attached to an aromatic ring is 2. The summed E-state index contributed by atoms with van der Waals surface area (Å²) in [6.07, 6.45) is -8.02. The van der Waals surface area contributed by atoms with Crippen molar-refractivity contribution < 1.29 is 64.5 Å². The number of aromatic nitrogens is 10. The number of carbonyl (C=O) groups is 1. The number of hydrogen-bond donors (Lipinski definition) is 2. The first-order valence-electron chi connectivity index (χ1n) is 26.9. The molecule has 5 aromatic heterocycles. The van der Waals surface area contributed by atoms with Gasteiger partial charge >= 0.3 is 6.80 Å². The maximum Gasteiger partial charge on any atom is 0.389 e. The predicted octanol–water partition coefficient (Wildman–Crippen LogP) is 7.47. The van der Waals surface area contributed by atoms with E-state index in [9.17, 15) is 9.36 Å². The van der Waals surface area contributed by atoms with E-state index in [1.54, 1.807) is 12.1 Å². The van der Waals surface area contributed by atoms with Crippen molar-refractivity contribution in [3.05, 3.63) is 121 Å². The third-order valence-corrected chi connectivity index (χ3v) is 19.3. The summed E-state index contributed by atoms with van der Waals surface area (Å²) in [5.74, 6) is 0.0842. The Hall–Kier alpha value is -6.59. The van der Waals surface area contributed by atoms with Crippen molar-refractivity contribution in [2.24, 2.45) is 0 Å². The third-order valence-electron chi connectivity index (χ3n) is 14.6. The van der Waals surface area contributed by atoms with Crippen molar-refractivity contribution in [2.45, 2.75) is 88.0 Å². The number of imidazole rings is 2. The molecular formula is C53H56BF2N13O12P2S. The molecule has 3 fully saturated rings. The number of pyridine rings is 1. The minimum atomic E-state index is -4.69. The lowest BCUT2D eigenvalue weighted by atomic mass is 9.95. The van der Waals surface area contributed by atoms with Gasteiger partial charge in [0, 0.05) is 29.5 Å². The molecule has 3 aromatic carbocycles. The molecule has 0 saturated carbocycles. The predicted molar refractivity (Wildman–Crippen MR) is 303 cm³/mol. The van der Waals surface area contributed by atoms with E-state index >= 15 is 13.3 Å². The van der Waals surface area contributed by atoms with Gasteiger partial charge in [-0.2, -0.15) is 0 Å². The topological polar surface area (TPSA) is 295 Å². The second kappa shape index (κ2) is 24.8. The number of amides is 1. The van der Waals surface area contributed by atoms with Gasteiger partial charge < -0.3 is 49.1 Å². The molecule has 438 valence electrons. The summed E-state index contributed by atoms with van der Waals surface area (Å²) < 4.78 is 120. The molecule has 0 spiro atoms. The highest BCUT2D eigenvalue weighted by molar-refractivity contribution is 8.54. The van der Waals surface area contributed by atoms with Crippen LogP contribution in [0, 0.1) is 0 Å². The van der Waals surface area contributed by atoms with Crippen LogP contribution in [0.2, 0.25) is 0 Å². The van der Waals surface area contributed by atoms with Gasteiger partial charge in [-0.1, -0.05) is 78.9 Å². The Bertz CT molecular complexity index is 3780. The van der Waals surface area contributed by atoms with E-state index in [0.29, 0.717) is 63.8 Å². The van der Waals surface area contributed by atoms with Gasteiger partial charge in [0.25, 0.3) is 7.47 Å². The van der Waals surface area contributed by atoms with Crippen molar-refractivity contribution in [3.8, 4) is 22.5 Å². The Morgan fingerprint density at radius 2 is 1.39 bits per heavy atom. The number of halogens is 2. The van der Waals surface area contributed by atoms with E-state index in [2.05, 4.69) is 35.2 Å². The van der Waals surface area contributed by atoms with Crippen LogP contribution in [0.25, 0.3) is 44.8 Å². The molecular weight excluding hydrogens is 1150 g/mol. The molecule has 10 atom stereocenters. The molecule has 1 amide bonds. The van der Waals surface area contributed by atoms with Crippen LogP contribution < -0.4 is 16.4 Å². The summed E-state index contributed by atoms with van der Waals surface area (Å²) in [5.41, 5.74) is 19.8. The molecule has 25 nitrogen and oxygen atoms in total. The van der Waals surface area contributed by atoms with E-state index in [0.717, 1.165) is 45.0 Å². The number of ether oxygens (including phenoxy) is 5. The molecule has 4 aliphatic rings. The molecule has 8 aromatic rings. The maximum absolute atomic E-state index is 17.0. The molecule has 0 unspecified atom stereocenters. The van der Waals surface area contributed by atoms with Gasteiger partial charge in [-0.25, -0.2) is 42.9 Å². The van der Waals surface area contributed by atoms with E-state index in [1.807, 2.05) is 77.2 Å². The normalized spacial score (nSPS) is 26.1. The number of anilines is 3. The van der Waals surface area contributed by atoms with Crippen LogP contribution in [0.3, 0.4) is 0 Å². The fraction of sp³-hybridized carbons (Fsp3) is 0.396. The van der Waals surface area contributed by atoms with E-state index < -0.39 is 76.7 Å². The smallest absolute Gasteiger partial charge is 0.389 e. The Morgan fingerprint density at radius 1 is 0.750 bits per heavy atom. The first-order valence-corrected chi connectivity index (χ1v) is 31.6. The monoisotopic (exact) mass is 1210 g/mol. The van der Waals surface area contributed by atoms with Gasteiger partial charge in [-0.15, -0.1) is 5.10 Å². The summed E-state index contributed by atoms with van der Waals surface area (Å²) >= 11 is 0.745. The fourth-order valence-electron chi connectivity index (χ4n) is 10.4. The third kappa shape index (κ3) is 11.9. The number of para-hydroxylation sites is 1. The minimum Gasteiger partial charge on any atom is -0.397 e. The van der Waals surface area contributed by atoms with Gasteiger partial charge in [0.15, 0.2) is 41.9 Å². The van der Waals surface area contributed by atoms with Crippen molar-refractivity contribution in [1.29, 1.82) is 0 Å².